The molecule has 0 aliphatic heterocycles. The zero-order chi connectivity index (χ0) is 22.4. The minimum Gasteiger partial charge on any atom is -0.491 e. The molecule has 8 nitrogen and oxygen atoms in total. The number of aliphatic hydroxyl groups excluding tert-OH is 1. The van der Waals surface area contributed by atoms with Crippen LogP contribution in [0.5, 0.6) is 5.75 Å². The van der Waals surface area contributed by atoms with E-state index in [9.17, 15) is 14.7 Å². The van der Waals surface area contributed by atoms with Crippen molar-refractivity contribution in [1.29, 1.82) is 0 Å². The van der Waals surface area contributed by atoms with Gasteiger partial charge in [-0.3, -0.25) is 14.3 Å². The van der Waals surface area contributed by atoms with Gasteiger partial charge in [-0.25, -0.2) is 9.78 Å². The number of fused-ring (bicyclic) bond motifs is 1. The van der Waals surface area contributed by atoms with E-state index in [1.807, 2.05) is 24.3 Å². The second kappa shape index (κ2) is 10.7. The first kappa shape index (κ1) is 23.1. The molecule has 0 fully saturated rings. The van der Waals surface area contributed by atoms with Gasteiger partial charge in [0, 0.05) is 12.8 Å². The van der Waals surface area contributed by atoms with E-state index in [0.29, 0.717) is 16.6 Å². The second-order valence-electron chi connectivity index (χ2n) is 7.51. The molecule has 31 heavy (non-hydrogen) atoms. The van der Waals surface area contributed by atoms with Crippen molar-refractivity contribution in [1.82, 2.24) is 19.1 Å². The number of aromatic amines is 1. The smallest absolute Gasteiger partial charge is 0.329 e. The Morgan fingerprint density at radius 2 is 1.94 bits per heavy atom. The summed E-state index contributed by atoms with van der Waals surface area (Å²) >= 11 is 1.53. The number of benzene rings is 1. The number of imidazole rings is 1. The Kier molecular flexibility index (Phi) is 7.97. The van der Waals surface area contributed by atoms with Crippen LogP contribution in [0, 0.1) is 0 Å². The fraction of sp³-hybridized carbons (Fsp3) is 0.500. The maximum absolute atomic E-state index is 12.5. The number of H-pyrrole nitrogens is 1. The van der Waals surface area contributed by atoms with E-state index in [1.165, 1.54) is 21.9 Å². The van der Waals surface area contributed by atoms with E-state index in [-0.39, 0.29) is 18.7 Å². The maximum Gasteiger partial charge on any atom is 0.329 e. The summed E-state index contributed by atoms with van der Waals surface area (Å²) in [6.45, 7) is 4.45. The van der Waals surface area contributed by atoms with E-state index in [0.717, 1.165) is 31.4 Å². The van der Waals surface area contributed by atoms with Crippen molar-refractivity contribution in [3.05, 3.63) is 50.7 Å². The van der Waals surface area contributed by atoms with Crippen molar-refractivity contribution in [3.8, 4) is 5.75 Å². The number of nitrogens with zero attached hydrogens (tertiary/aromatic N) is 3. The summed E-state index contributed by atoms with van der Waals surface area (Å²) < 4.78 is 8.74. The van der Waals surface area contributed by atoms with Crippen LogP contribution in [0.25, 0.3) is 11.2 Å². The Morgan fingerprint density at radius 3 is 2.61 bits per heavy atom. The standard InChI is InChI=1S/C22H30N4O4S/c1-4-6-7-12-31-22-23-19-18(20(28)24-21(29)25(19)3)26(22)13-16(27)14-30-17-10-8-15(5-2)9-11-17/h8-11,16,27H,4-7,12-14H2,1-3H3,(H,24,28,29)/t16-/m0/s1. The van der Waals surface area contributed by atoms with Gasteiger partial charge in [0.05, 0.1) is 6.54 Å². The van der Waals surface area contributed by atoms with Gasteiger partial charge in [0.2, 0.25) is 0 Å². The topological polar surface area (TPSA) is 102 Å². The number of ether oxygens (including phenoxy) is 1. The van der Waals surface area contributed by atoms with E-state index in [2.05, 4.69) is 23.8 Å². The molecule has 0 unspecified atom stereocenters. The SMILES string of the molecule is CCCCCSc1nc2c(c(=O)[nH]c(=O)n2C)n1C[C@H](O)COc1ccc(CC)cc1. The molecule has 0 spiro atoms. The fourth-order valence-corrected chi connectivity index (χ4v) is 4.29. The number of thioether (sulfide) groups is 1. The van der Waals surface area contributed by atoms with E-state index >= 15 is 0 Å². The highest BCUT2D eigenvalue weighted by atomic mass is 32.2. The number of aryl methyl sites for hydroxylation is 2. The highest BCUT2D eigenvalue weighted by molar-refractivity contribution is 7.99. The molecular weight excluding hydrogens is 416 g/mol. The molecule has 0 radical (unpaired) electrons. The van der Waals surface area contributed by atoms with Gasteiger partial charge < -0.3 is 14.4 Å². The minimum atomic E-state index is -0.852. The molecule has 0 aliphatic carbocycles. The molecule has 0 bridgehead atoms. The molecule has 0 saturated heterocycles. The Balaban J connectivity index is 1.81. The third-order valence-corrected chi connectivity index (χ3v) is 6.18. The van der Waals surface area contributed by atoms with Crippen molar-refractivity contribution in [2.45, 2.75) is 57.3 Å². The first-order valence-electron chi connectivity index (χ1n) is 10.7. The fourth-order valence-electron chi connectivity index (χ4n) is 3.29. The monoisotopic (exact) mass is 446 g/mol. The predicted octanol–water partition coefficient (Wildman–Crippen LogP) is 2.71. The lowest BCUT2D eigenvalue weighted by Gasteiger charge is -2.15. The van der Waals surface area contributed by atoms with Crippen LogP contribution in [0.2, 0.25) is 0 Å². The quantitative estimate of drug-likeness (QED) is 0.347. The minimum absolute atomic E-state index is 0.0781. The molecular formula is C22H30N4O4S. The lowest BCUT2D eigenvalue weighted by atomic mass is 10.2. The van der Waals surface area contributed by atoms with Gasteiger partial charge >= 0.3 is 5.69 Å². The Morgan fingerprint density at radius 1 is 1.19 bits per heavy atom. The zero-order valence-corrected chi connectivity index (χ0v) is 19.1. The van der Waals surface area contributed by atoms with Crippen LogP contribution in [0.1, 0.15) is 38.7 Å². The first-order valence-corrected chi connectivity index (χ1v) is 11.6. The average molecular weight is 447 g/mol. The number of hydrogen-bond acceptors (Lipinski definition) is 6. The van der Waals surface area contributed by atoms with Gasteiger partial charge in [-0.05, 0) is 30.5 Å². The molecule has 1 atom stereocenters. The van der Waals surface area contributed by atoms with Crippen molar-refractivity contribution in [3.63, 3.8) is 0 Å². The van der Waals surface area contributed by atoms with Crippen LogP contribution in [-0.2, 0) is 20.0 Å². The molecule has 2 heterocycles. The number of nitrogens with one attached hydrogen (secondary N) is 1. The lowest BCUT2D eigenvalue weighted by Crippen LogP contribution is -2.30. The van der Waals surface area contributed by atoms with E-state index in [1.54, 1.807) is 11.6 Å². The zero-order valence-electron chi connectivity index (χ0n) is 18.3. The van der Waals surface area contributed by atoms with Gasteiger partial charge in [0.15, 0.2) is 16.3 Å². The van der Waals surface area contributed by atoms with Crippen LogP contribution >= 0.6 is 11.8 Å². The maximum atomic E-state index is 12.5. The predicted molar refractivity (Wildman–Crippen MR) is 123 cm³/mol. The largest absolute Gasteiger partial charge is 0.491 e. The number of aromatic nitrogens is 4. The summed E-state index contributed by atoms with van der Waals surface area (Å²) in [6.07, 6.45) is 3.35. The first-order chi connectivity index (χ1) is 14.9. The molecule has 1 aromatic carbocycles. The summed E-state index contributed by atoms with van der Waals surface area (Å²) in [6, 6.07) is 7.76. The number of aliphatic hydroxyl groups is 1. The summed E-state index contributed by atoms with van der Waals surface area (Å²) in [5.41, 5.74) is 0.798. The molecule has 0 amide bonds. The third kappa shape index (κ3) is 5.59. The van der Waals surface area contributed by atoms with Crippen LogP contribution in [0.3, 0.4) is 0 Å². The molecule has 0 aliphatic rings. The Bertz CT molecular complexity index is 1120. The number of unbranched alkanes of at least 4 members (excludes halogenated alkanes) is 2. The van der Waals surface area contributed by atoms with Gasteiger partial charge in [0.1, 0.15) is 18.5 Å². The van der Waals surface area contributed by atoms with E-state index < -0.39 is 17.4 Å². The molecule has 3 rings (SSSR count). The summed E-state index contributed by atoms with van der Waals surface area (Å²) in [4.78, 5) is 31.4. The van der Waals surface area contributed by atoms with E-state index in [4.69, 9.17) is 4.74 Å². The average Bonchev–Trinajstić information content (AvgIpc) is 3.12. The van der Waals surface area contributed by atoms with Gasteiger partial charge in [-0.15, -0.1) is 0 Å². The molecule has 9 heteroatoms. The van der Waals surface area contributed by atoms with Crippen LogP contribution in [-0.4, -0.2) is 42.7 Å². The van der Waals surface area contributed by atoms with Crippen molar-refractivity contribution in [2.24, 2.45) is 7.05 Å². The normalized spacial score (nSPS) is 12.4. The molecule has 168 valence electrons. The van der Waals surface area contributed by atoms with Crippen LogP contribution < -0.4 is 16.0 Å². The molecule has 3 aromatic rings. The van der Waals surface area contributed by atoms with Gasteiger partial charge in [0.25, 0.3) is 5.56 Å². The number of rotatable bonds is 11. The lowest BCUT2D eigenvalue weighted by molar-refractivity contribution is 0.0913. The van der Waals surface area contributed by atoms with Crippen LogP contribution in [0.4, 0.5) is 0 Å². The highest BCUT2D eigenvalue weighted by Crippen LogP contribution is 2.23. The van der Waals surface area contributed by atoms with Crippen molar-refractivity contribution < 1.29 is 9.84 Å². The van der Waals surface area contributed by atoms with Gasteiger partial charge in [-0.2, -0.15) is 0 Å². The highest BCUT2D eigenvalue weighted by Gasteiger charge is 2.20. The Hall–Kier alpha value is -2.52. The third-order valence-electron chi connectivity index (χ3n) is 5.12. The van der Waals surface area contributed by atoms with Gasteiger partial charge in [-0.1, -0.05) is 50.6 Å². The molecule has 2 N–H and O–H groups in total. The van der Waals surface area contributed by atoms with Crippen molar-refractivity contribution in [2.75, 3.05) is 12.4 Å². The summed E-state index contributed by atoms with van der Waals surface area (Å²) in [5.74, 6) is 1.53. The Labute approximate surface area is 185 Å². The summed E-state index contributed by atoms with van der Waals surface area (Å²) in [7, 11) is 1.57. The summed E-state index contributed by atoms with van der Waals surface area (Å²) in [5, 5.41) is 11.2. The van der Waals surface area contributed by atoms with Crippen LogP contribution in [0.15, 0.2) is 39.0 Å². The number of hydrogen-bond donors (Lipinski definition) is 2. The second-order valence-corrected chi connectivity index (χ2v) is 8.58. The van der Waals surface area contributed by atoms with Crippen molar-refractivity contribution >= 4 is 22.9 Å². The molecule has 2 aromatic heterocycles. The molecule has 0 saturated carbocycles.